The van der Waals surface area contributed by atoms with Gasteiger partial charge in [0.25, 0.3) is 5.91 Å². The molecule has 0 aromatic heterocycles. The summed E-state index contributed by atoms with van der Waals surface area (Å²) in [6.07, 6.45) is 0.865. The van der Waals surface area contributed by atoms with Crippen LogP contribution < -0.4 is 15.5 Å². The molecule has 2 amide bonds. The number of amides is 2. The van der Waals surface area contributed by atoms with Gasteiger partial charge in [0.05, 0.1) is 6.54 Å². The third kappa shape index (κ3) is 6.02. The fraction of sp³-hybridized carbons (Fsp3) is 0.167. The second-order valence-corrected chi connectivity index (χ2v) is 6.74. The number of hydrogen-bond acceptors (Lipinski definition) is 3. The van der Waals surface area contributed by atoms with E-state index in [9.17, 15) is 9.59 Å². The zero-order valence-corrected chi connectivity index (χ0v) is 16.5. The van der Waals surface area contributed by atoms with Gasteiger partial charge in [-0.3, -0.25) is 9.59 Å². The van der Waals surface area contributed by atoms with Crippen molar-refractivity contribution in [3.8, 4) is 0 Å². The van der Waals surface area contributed by atoms with Crippen LogP contribution in [-0.2, 0) is 11.2 Å². The molecular weight excluding hydrogens is 362 g/mol. The van der Waals surface area contributed by atoms with Gasteiger partial charge >= 0.3 is 0 Å². The molecule has 0 unspecified atom stereocenters. The summed E-state index contributed by atoms with van der Waals surface area (Å²) < 4.78 is 0. The molecule has 5 heteroatoms. The van der Waals surface area contributed by atoms with Gasteiger partial charge in [0, 0.05) is 24.0 Å². The molecule has 0 aliphatic carbocycles. The summed E-state index contributed by atoms with van der Waals surface area (Å²) in [6, 6.07) is 26.6. The van der Waals surface area contributed by atoms with E-state index >= 15 is 0 Å². The number of carbonyl (C=O) groups excluding carboxylic acids is 2. The maximum Gasteiger partial charge on any atom is 0.258 e. The Balaban J connectivity index is 1.51. The molecule has 0 heterocycles. The molecule has 2 N–H and O–H groups in total. The van der Waals surface area contributed by atoms with Crippen LogP contribution in [0.15, 0.2) is 84.9 Å². The van der Waals surface area contributed by atoms with E-state index in [0.717, 1.165) is 18.7 Å². The minimum absolute atomic E-state index is 0.131. The molecule has 0 atom stereocenters. The van der Waals surface area contributed by atoms with Crippen LogP contribution in [0.2, 0.25) is 0 Å². The average Bonchev–Trinajstić information content (AvgIpc) is 2.77. The van der Waals surface area contributed by atoms with E-state index in [0.29, 0.717) is 11.3 Å². The maximum absolute atomic E-state index is 12.7. The highest BCUT2D eigenvalue weighted by molar-refractivity contribution is 6.06. The summed E-state index contributed by atoms with van der Waals surface area (Å²) in [5.41, 5.74) is 3.17. The third-order valence-corrected chi connectivity index (χ3v) is 4.56. The van der Waals surface area contributed by atoms with Crippen LogP contribution in [0.25, 0.3) is 0 Å². The Bertz CT molecular complexity index is 943. The predicted molar refractivity (Wildman–Crippen MR) is 117 cm³/mol. The second kappa shape index (κ2) is 10.2. The first-order valence-electron chi connectivity index (χ1n) is 9.61. The minimum atomic E-state index is -0.140. The van der Waals surface area contributed by atoms with Crippen LogP contribution in [0.3, 0.4) is 0 Å². The fourth-order valence-corrected chi connectivity index (χ4v) is 2.98. The first-order valence-corrected chi connectivity index (χ1v) is 9.61. The molecule has 0 aliphatic heterocycles. The lowest BCUT2D eigenvalue weighted by Crippen LogP contribution is -2.30. The summed E-state index contributed by atoms with van der Waals surface area (Å²) in [4.78, 5) is 26.5. The van der Waals surface area contributed by atoms with Gasteiger partial charge in [0.15, 0.2) is 0 Å². The summed E-state index contributed by atoms with van der Waals surface area (Å²) in [5, 5.41) is 5.99. The first kappa shape index (κ1) is 20.3. The van der Waals surface area contributed by atoms with E-state index in [4.69, 9.17) is 0 Å². The second-order valence-electron chi connectivity index (χ2n) is 6.74. The van der Waals surface area contributed by atoms with Crippen LogP contribution in [-0.4, -0.2) is 32.0 Å². The molecule has 3 aromatic carbocycles. The standard InChI is InChI=1S/C24H25N3O2/c1-27(22-13-6-3-7-14-22)24(29)20-11-8-12-21(17-20)26-23(28)18-25-16-15-19-9-4-2-5-10-19/h2-14,17,25H,15-16,18H2,1H3,(H,26,28). The fourth-order valence-electron chi connectivity index (χ4n) is 2.98. The van der Waals surface area contributed by atoms with Gasteiger partial charge in [-0.25, -0.2) is 0 Å². The van der Waals surface area contributed by atoms with Crippen LogP contribution in [0, 0.1) is 0 Å². The molecule has 0 bridgehead atoms. The predicted octanol–water partition coefficient (Wildman–Crippen LogP) is 3.73. The van der Waals surface area contributed by atoms with Crippen LogP contribution in [0.4, 0.5) is 11.4 Å². The van der Waals surface area contributed by atoms with Crippen LogP contribution in [0.5, 0.6) is 0 Å². The van der Waals surface area contributed by atoms with E-state index in [1.54, 1.807) is 36.2 Å². The molecule has 29 heavy (non-hydrogen) atoms. The summed E-state index contributed by atoms with van der Waals surface area (Å²) >= 11 is 0. The molecule has 0 spiro atoms. The lowest BCUT2D eigenvalue weighted by atomic mass is 10.1. The number of anilines is 2. The molecule has 0 fully saturated rings. The molecule has 3 rings (SSSR count). The summed E-state index contributed by atoms with van der Waals surface area (Å²) in [5.74, 6) is -0.271. The zero-order valence-electron chi connectivity index (χ0n) is 16.5. The topological polar surface area (TPSA) is 61.4 Å². The van der Waals surface area contributed by atoms with Gasteiger partial charge < -0.3 is 15.5 Å². The lowest BCUT2D eigenvalue weighted by Gasteiger charge is -2.17. The average molecular weight is 387 g/mol. The Morgan fingerprint density at radius 3 is 2.28 bits per heavy atom. The summed E-state index contributed by atoms with van der Waals surface area (Å²) in [7, 11) is 1.74. The Morgan fingerprint density at radius 2 is 1.55 bits per heavy atom. The van der Waals surface area contributed by atoms with Crippen molar-refractivity contribution in [2.45, 2.75) is 6.42 Å². The first-order chi connectivity index (χ1) is 14.1. The summed E-state index contributed by atoms with van der Waals surface area (Å²) in [6.45, 7) is 0.937. The number of nitrogens with zero attached hydrogens (tertiary/aromatic N) is 1. The van der Waals surface area contributed by atoms with E-state index in [1.807, 2.05) is 48.5 Å². The number of carbonyl (C=O) groups is 2. The molecule has 0 saturated heterocycles. The molecular formula is C24H25N3O2. The number of hydrogen-bond donors (Lipinski definition) is 2. The van der Waals surface area contributed by atoms with Gasteiger partial charge in [-0.2, -0.15) is 0 Å². The van der Waals surface area contributed by atoms with Crippen molar-refractivity contribution in [2.24, 2.45) is 0 Å². The molecule has 148 valence electrons. The number of benzene rings is 3. The highest BCUT2D eigenvalue weighted by Gasteiger charge is 2.14. The molecule has 0 radical (unpaired) electrons. The lowest BCUT2D eigenvalue weighted by molar-refractivity contribution is -0.115. The molecule has 0 aliphatic rings. The van der Waals surface area contributed by atoms with Crippen molar-refractivity contribution in [2.75, 3.05) is 30.4 Å². The van der Waals surface area contributed by atoms with Crippen molar-refractivity contribution >= 4 is 23.2 Å². The highest BCUT2D eigenvalue weighted by Crippen LogP contribution is 2.17. The van der Waals surface area contributed by atoms with Gasteiger partial charge in [-0.05, 0) is 48.9 Å². The normalized spacial score (nSPS) is 10.4. The van der Waals surface area contributed by atoms with Crippen molar-refractivity contribution in [3.05, 3.63) is 96.1 Å². The highest BCUT2D eigenvalue weighted by atomic mass is 16.2. The van der Waals surface area contributed by atoms with Crippen molar-refractivity contribution in [3.63, 3.8) is 0 Å². The van der Waals surface area contributed by atoms with E-state index < -0.39 is 0 Å². The van der Waals surface area contributed by atoms with Gasteiger partial charge in [0.1, 0.15) is 0 Å². The molecule has 5 nitrogen and oxygen atoms in total. The Labute approximate surface area is 171 Å². The van der Waals surface area contributed by atoms with Gasteiger partial charge in [-0.15, -0.1) is 0 Å². The Kier molecular flexibility index (Phi) is 7.14. The van der Waals surface area contributed by atoms with Crippen LogP contribution in [0.1, 0.15) is 15.9 Å². The number of rotatable bonds is 8. The van der Waals surface area contributed by atoms with E-state index in [2.05, 4.69) is 22.8 Å². The van der Waals surface area contributed by atoms with Crippen molar-refractivity contribution < 1.29 is 9.59 Å². The molecule has 0 saturated carbocycles. The van der Waals surface area contributed by atoms with E-state index in [-0.39, 0.29) is 18.4 Å². The van der Waals surface area contributed by atoms with Crippen LogP contribution >= 0.6 is 0 Å². The maximum atomic E-state index is 12.7. The van der Waals surface area contributed by atoms with Crippen molar-refractivity contribution in [1.82, 2.24) is 5.32 Å². The van der Waals surface area contributed by atoms with Gasteiger partial charge in [0.2, 0.25) is 5.91 Å². The quantitative estimate of drug-likeness (QED) is 0.579. The van der Waals surface area contributed by atoms with Crippen molar-refractivity contribution in [1.29, 1.82) is 0 Å². The SMILES string of the molecule is CN(C(=O)c1cccc(NC(=O)CNCCc2ccccc2)c1)c1ccccc1. The van der Waals surface area contributed by atoms with Gasteiger partial charge in [-0.1, -0.05) is 54.6 Å². The number of nitrogens with one attached hydrogen (secondary N) is 2. The third-order valence-electron chi connectivity index (χ3n) is 4.56. The largest absolute Gasteiger partial charge is 0.325 e. The molecule has 3 aromatic rings. The minimum Gasteiger partial charge on any atom is -0.325 e. The zero-order chi connectivity index (χ0) is 20.5. The van der Waals surface area contributed by atoms with E-state index in [1.165, 1.54) is 5.56 Å². The Hall–Kier alpha value is -3.44. The monoisotopic (exact) mass is 387 g/mol. The Morgan fingerprint density at radius 1 is 0.862 bits per heavy atom. The number of para-hydroxylation sites is 1. The smallest absolute Gasteiger partial charge is 0.258 e.